The number of nitrogens with one attached hydrogen (secondary N) is 2. The van der Waals surface area contributed by atoms with Gasteiger partial charge in [0.15, 0.2) is 5.82 Å². The molecular formula is C26H38N4O3. The molecule has 7 nitrogen and oxygen atoms in total. The number of hydrogen-bond acceptors (Lipinski definition) is 6. The van der Waals surface area contributed by atoms with Crippen LogP contribution in [0.2, 0.25) is 0 Å². The molecule has 2 heterocycles. The summed E-state index contributed by atoms with van der Waals surface area (Å²) in [6, 6.07) is 10.2. The van der Waals surface area contributed by atoms with Gasteiger partial charge < -0.3 is 14.6 Å². The van der Waals surface area contributed by atoms with E-state index < -0.39 is 0 Å². The maximum Gasteiger partial charge on any atom is 0.311 e. The molecular weight excluding hydrogens is 416 g/mol. The molecule has 0 fully saturated rings. The van der Waals surface area contributed by atoms with Crippen molar-refractivity contribution >= 4 is 28.4 Å². The number of esters is 1. The summed E-state index contributed by atoms with van der Waals surface area (Å²) < 4.78 is 7.29. The topological polar surface area (TPSA) is 77.4 Å². The van der Waals surface area contributed by atoms with Crippen molar-refractivity contribution in [3.8, 4) is 0 Å². The maximum atomic E-state index is 12.1. The van der Waals surface area contributed by atoms with Gasteiger partial charge in [0.2, 0.25) is 0 Å². The van der Waals surface area contributed by atoms with Crippen LogP contribution in [0.15, 0.2) is 42.7 Å². The monoisotopic (exact) mass is 454 g/mol. The second-order valence-corrected chi connectivity index (χ2v) is 7.64. The van der Waals surface area contributed by atoms with Gasteiger partial charge in [-0.05, 0) is 49.6 Å². The second kappa shape index (κ2) is 13.5. The van der Waals surface area contributed by atoms with E-state index in [9.17, 15) is 4.79 Å². The van der Waals surface area contributed by atoms with Crippen molar-refractivity contribution in [2.75, 3.05) is 24.0 Å². The van der Waals surface area contributed by atoms with Crippen molar-refractivity contribution in [1.82, 2.24) is 9.55 Å². The fraction of sp³-hybridized carbons (Fsp3) is 0.462. The zero-order chi connectivity index (χ0) is 24.2. The molecule has 3 rings (SSSR count). The number of carbonyl (C=O) groups is 1. The summed E-state index contributed by atoms with van der Waals surface area (Å²) in [6.07, 6.45) is 5.45. The van der Waals surface area contributed by atoms with Crippen LogP contribution in [0.3, 0.4) is 0 Å². The Kier molecular flexibility index (Phi) is 10.7. The average molecular weight is 455 g/mol. The first kappa shape index (κ1) is 26.2. The number of nitrogens with zero attached hydrogens (tertiary/aromatic N) is 2. The van der Waals surface area contributed by atoms with Crippen molar-refractivity contribution in [1.29, 1.82) is 0 Å². The fourth-order valence-electron chi connectivity index (χ4n) is 3.77. The first-order chi connectivity index (χ1) is 16.0. The predicted molar refractivity (Wildman–Crippen MR) is 135 cm³/mol. The summed E-state index contributed by atoms with van der Waals surface area (Å²) >= 11 is 0. The highest BCUT2D eigenvalue weighted by Gasteiger charge is 2.19. The van der Waals surface area contributed by atoms with E-state index >= 15 is 0 Å². The lowest BCUT2D eigenvalue weighted by atomic mass is 10.1. The molecule has 33 heavy (non-hydrogen) atoms. The Bertz CT molecular complexity index is 1020. The third kappa shape index (κ3) is 6.96. The van der Waals surface area contributed by atoms with Gasteiger partial charge in [-0.1, -0.05) is 39.3 Å². The SMILES string of the molecule is CC.CCCC(CONc1ncccc1NCc1cn(C)c2cccc(C)c12)C(=O)OCC. The van der Waals surface area contributed by atoms with E-state index in [0.29, 0.717) is 25.4 Å². The normalized spacial score (nSPS) is 11.5. The second-order valence-electron chi connectivity index (χ2n) is 7.64. The van der Waals surface area contributed by atoms with Crippen LogP contribution >= 0.6 is 0 Å². The summed E-state index contributed by atoms with van der Waals surface area (Å²) in [7, 11) is 2.06. The van der Waals surface area contributed by atoms with E-state index in [4.69, 9.17) is 9.57 Å². The van der Waals surface area contributed by atoms with Gasteiger partial charge in [-0.15, -0.1) is 0 Å². The number of aromatic nitrogens is 2. The minimum absolute atomic E-state index is 0.225. The van der Waals surface area contributed by atoms with Gasteiger partial charge in [-0.2, -0.15) is 0 Å². The van der Waals surface area contributed by atoms with Crippen molar-refractivity contribution in [2.24, 2.45) is 13.0 Å². The van der Waals surface area contributed by atoms with Crippen LogP contribution < -0.4 is 10.8 Å². The Morgan fingerprint density at radius 1 is 1.18 bits per heavy atom. The van der Waals surface area contributed by atoms with Crippen LogP contribution in [0, 0.1) is 12.8 Å². The molecule has 0 saturated heterocycles. The Morgan fingerprint density at radius 3 is 2.70 bits per heavy atom. The lowest BCUT2D eigenvalue weighted by Crippen LogP contribution is -2.24. The number of pyridine rings is 1. The van der Waals surface area contributed by atoms with Crippen LogP contribution in [0.1, 0.15) is 51.7 Å². The van der Waals surface area contributed by atoms with Gasteiger partial charge in [0.1, 0.15) is 0 Å². The van der Waals surface area contributed by atoms with Crippen LogP contribution in [-0.2, 0) is 28.0 Å². The maximum absolute atomic E-state index is 12.1. The number of aryl methyl sites for hydroxylation is 2. The van der Waals surface area contributed by atoms with Gasteiger partial charge >= 0.3 is 5.97 Å². The van der Waals surface area contributed by atoms with Gasteiger partial charge in [0.25, 0.3) is 0 Å². The van der Waals surface area contributed by atoms with E-state index in [0.717, 1.165) is 12.1 Å². The molecule has 0 saturated carbocycles. The Hall–Kier alpha value is -3.06. The molecule has 1 atom stereocenters. The number of fused-ring (bicyclic) bond motifs is 1. The lowest BCUT2D eigenvalue weighted by Gasteiger charge is -2.16. The molecule has 0 radical (unpaired) electrons. The highest BCUT2D eigenvalue weighted by Crippen LogP contribution is 2.26. The molecule has 2 aromatic heterocycles. The first-order valence-electron chi connectivity index (χ1n) is 11.8. The smallest absolute Gasteiger partial charge is 0.311 e. The minimum atomic E-state index is -0.295. The van der Waals surface area contributed by atoms with Gasteiger partial charge in [-0.3, -0.25) is 9.63 Å². The molecule has 180 valence electrons. The molecule has 7 heteroatoms. The zero-order valence-corrected chi connectivity index (χ0v) is 20.8. The van der Waals surface area contributed by atoms with Gasteiger partial charge in [0.05, 0.1) is 24.8 Å². The third-order valence-electron chi connectivity index (χ3n) is 5.29. The van der Waals surface area contributed by atoms with Crippen molar-refractivity contribution in [2.45, 2.75) is 54.0 Å². The Balaban J connectivity index is 0.00000187. The first-order valence-corrected chi connectivity index (χ1v) is 11.8. The van der Waals surface area contributed by atoms with Gasteiger partial charge in [0, 0.05) is 36.9 Å². The molecule has 3 aromatic rings. The average Bonchev–Trinajstić information content (AvgIpc) is 3.16. The van der Waals surface area contributed by atoms with Crippen molar-refractivity contribution in [3.63, 3.8) is 0 Å². The van der Waals surface area contributed by atoms with Crippen LogP contribution in [0.4, 0.5) is 11.5 Å². The van der Waals surface area contributed by atoms with Crippen molar-refractivity contribution in [3.05, 3.63) is 53.9 Å². The summed E-state index contributed by atoms with van der Waals surface area (Å²) in [5.74, 6) is 0.0617. The standard InChI is InChI=1S/C24H32N4O3.C2H6/c1-5-9-18(24(29)30-6-2)16-31-27-23-20(11-8-13-25-23)26-14-19-15-28(4)21-12-7-10-17(3)22(19)21;1-2/h7-8,10-13,15,18,26H,5-6,9,14,16H2,1-4H3,(H,25,27);1-2H3. The van der Waals surface area contributed by atoms with Crippen LogP contribution in [0.5, 0.6) is 0 Å². The summed E-state index contributed by atoms with van der Waals surface area (Å²) in [4.78, 5) is 22.1. The molecule has 0 aliphatic heterocycles. The quantitative estimate of drug-likeness (QED) is 0.280. The number of ether oxygens (including phenoxy) is 1. The van der Waals surface area contributed by atoms with E-state index in [1.165, 1.54) is 22.0 Å². The highest BCUT2D eigenvalue weighted by atomic mass is 16.6. The molecule has 0 spiro atoms. The molecule has 0 aliphatic carbocycles. The summed E-state index contributed by atoms with van der Waals surface area (Å²) in [5, 5.41) is 4.73. The lowest BCUT2D eigenvalue weighted by molar-refractivity contribution is -0.150. The predicted octanol–water partition coefficient (Wildman–Crippen LogP) is 5.84. The fourth-order valence-corrected chi connectivity index (χ4v) is 3.77. The molecule has 0 bridgehead atoms. The van der Waals surface area contributed by atoms with Crippen molar-refractivity contribution < 1.29 is 14.4 Å². The number of rotatable bonds is 11. The summed E-state index contributed by atoms with van der Waals surface area (Å²) in [6.45, 7) is 11.2. The molecule has 2 N–H and O–H groups in total. The number of carbonyl (C=O) groups excluding carboxylic acids is 1. The number of hydrogen-bond donors (Lipinski definition) is 2. The largest absolute Gasteiger partial charge is 0.466 e. The Labute approximate surface area is 197 Å². The van der Waals surface area contributed by atoms with E-state index in [1.54, 1.807) is 6.20 Å². The molecule has 1 unspecified atom stereocenters. The number of anilines is 2. The van der Waals surface area contributed by atoms with E-state index in [1.807, 2.05) is 39.8 Å². The van der Waals surface area contributed by atoms with E-state index in [2.05, 4.69) is 58.7 Å². The highest BCUT2D eigenvalue weighted by molar-refractivity contribution is 5.87. The summed E-state index contributed by atoms with van der Waals surface area (Å²) in [5.41, 5.74) is 7.42. The molecule has 1 aromatic carbocycles. The number of benzene rings is 1. The molecule has 0 aliphatic rings. The minimum Gasteiger partial charge on any atom is -0.466 e. The van der Waals surface area contributed by atoms with Gasteiger partial charge in [-0.25, -0.2) is 10.5 Å². The van der Waals surface area contributed by atoms with Crippen LogP contribution in [-0.4, -0.2) is 28.7 Å². The molecule has 0 amide bonds. The van der Waals surface area contributed by atoms with Crippen LogP contribution in [0.25, 0.3) is 10.9 Å². The Morgan fingerprint density at radius 2 is 1.97 bits per heavy atom. The third-order valence-corrected chi connectivity index (χ3v) is 5.29. The van der Waals surface area contributed by atoms with E-state index in [-0.39, 0.29) is 18.5 Å². The zero-order valence-electron chi connectivity index (χ0n) is 20.8.